The van der Waals surface area contributed by atoms with Gasteiger partial charge in [0.15, 0.2) is 5.76 Å². The van der Waals surface area contributed by atoms with Gasteiger partial charge < -0.3 is 14.2 Å². The first-order valence-corrected chi connectivity index (χ1v) is 11.5. The molecule has 34 heavy (non-hydrogen) atoms. The van der Waals surface area contributed by atoms with Crippen molar-refractivity contribution in [3.8, 4) is 16.9 Å². The highest BCUT2D eigenvalue weighted by Crippen LogP contribution is 2.26. The second kappa shape index (κ2) is 9.39. The van der Waals surface area contributed by atoms with Crippen LogP contribution in [0.1, 0.15) is 33.4 Å². The highest BCUT2D eigenvalue weighted by Gasteiger charge is 2.29. The van der Waals surface area contributed by atoms with Gasteiger partial charge in [-0.25, -0.2) is 4.68 Å². The Morgan fingerprint density at radius 3 is 2.15 bits per heavy atom. The molecule has 2 aromatic heterocycles. The largest absolute Gasteiger partial charge is 0.459 e. The minimum Gasteiger partial charge on any atom is -0.459 e. The monoisotopic (exact) mass is 454 g/mol. The SMILES string of the molecule is CCc1ccc(-c2nn(-c3ccccc3)cc2C(=O)N2CCN(C(=O)c3ccco3)CC2)cc1. The van der Waals surface area contributed by atoms with Gasteiger partial charge in [0.25, 0.3) is 11.8 Å². The molecule has 0 unspecified atom stereocenters. The summed E-state index contributed by atoms with van der Waals surface area (Å²) in [7, 11) is 0. The van der Waals surface area contributed by atoms with Crippen LogP contribution in [0.25, 0.3) is 16.9 Å². The van der Waals surface area contributed by atoms with Crippen molar-refractivity contribution >= 4 is 11.8 Å². The molecular weight excluding hydrogens is 428 g/mol. The van der Waals surface area contributed by atoms with E-state index in [-0.39, 0.29) is 11.8 Å². The Labute approximate surface area is 198 Å². The van der Waals surface area contributed by atoms with Crippen molar-refractivity contribution in [3.05, 3.63) is 96.1 Å². The maximum Gasteiger partial charge on any atom is 0.289 e. The molecular formula is C27H26N4O3. The van der Waals surface area contributed by atoms with Gasteiger partial charge in [-0.3, -0.25) is 9.59 Å². The van der Waals surface area contributed by atoms with E-state index in [9.17, 15) is 9.59 Å². The van der Waals surface area contributed by atoms with Crippen molar-refractivity contribution in [1.82, 2.24) is 19.6 Å². The van der Waals surface area contributed by atoms with E-state index in [1.165, 1.54) is 11.8 Å². The number of carbonyl (C=O) groups excluding carboxylic acids is 2. The van der Waals surface area contributed by atoms with E-state index < -0.39 is 0 Å². The minimum absolute atomic E-state index is 0.0816. The maximum atomic E-state index is 13.6. The van der Waals surface area contributed by atoms with Crippen molar-refractivity contribution in [2.45, 2.75) is 13.3 Å². The quantitative estimate of drug-likeness (QED) is 0.451. The van der Waals surface area contributed by atoms with Gasteiger partial charge in [0.1, 0.15) is 5.69 Å². The number of piperazine rings is 1. The summed E-state index contributed by atoms with van der Waals surface area (Å²) in [5, 5.41) is 4.79. The zero-order valence-corrected chi connectivity index (χ0v) is 19.1. The van der Waals surface area contributed by atoms with E-state index in [2.05, 4.69) is 19.1 Å². The molecule has 2 amide bonds. The number of aryl methyl sites for hydroxylation is 1. The molecule has 4 aromatic rings. The van der Waals surface area contributed by atoms with Crippen LogP contribution in [0.5, 0.6) is 0 Å². The first kappa shape index (κ1) is 21.7. The normalized spacial score (nSPS) is 13.8. The lowest BCUT2D eigenvalue weighted by atomic mass is 10.0. The Balaban J connectivity index is 1.41. The fourth-order valence-corrected chi connectivity index (χ4v) is 4.19. The molecule has 2 aromatic carbocycles. The maximum absolute atomic E-state index is 13.6. The van der Waals surface area contributed by atoms with Gasteiger partial charge in [-0.15, -0.1) is 0 Å². The standard InChI is InChI=1S/C27H26N4O3/c1-2-20-10-12-21(13-11-20)25-23(19-31(28-25)22-7-4-3-5-8-22)26(32)29-14-16-30(17-15-29)27(33)24-9-6-18-34-24/h3-13,18-19H,2,14-17H2,1H3. The molecule has 0 bridgehead atoms. The number of para-hydroxylation sites is 1. The topological polar surface area (TPSA) is 71.6 Å². The number of aromatic nitrogens is 2. The summed E-state index contributed by atoms with van der Waals surface area (Å²) in [6.07, 6.45) is 4.25. The summed E-state index contributed by atoms with van der Waals surface area (Å²) >= 11 is 0. The van der Waals surface area contributed by atoms with Crippen LogP contribution in [-0.2, 0) is 6.42 Å². The summed E-state index contributed by atoms with van der Waals surface area (Å²) in [6, 6.07) is 21.3. The van der Waals surface area contributed by atoms with Gasteiger partial charge in [0.2, 0.25) is 0 Å². The Hall–Kier alpha value is -4.13. The zero-order valence-electron chi connectivity index (χ0n) is 19.1. The summed E-state index contributed by atoms with van der Waals surface area (Å²) < 4.78 is 6.99. The van der Waals surface area contributed by atoms with Crippen LogP contribution in [0.4, 0.5) is 0 Å². The van der Waals surface area contributed by atoms with Gasteiger partial charge >= 0.3 is 0 Å². The number of benzene rings is 2. The van der Waals surface area contributed by atoms with Crippen molar-refractivity contribution in [2.75, 3.05) is 26.2 Å². The summed E-state index contributed by atoms with van der Waals surface area (Å²) in [4.78, 5) is 29.7. The minimum atomic E-state index is -0.148. The van der Waals surface area contributed by atoms with Crippen LogP contribution in [0.3, 0.4) is 0 Å². The second-order valence-corrected chi connectivity index (χ2v) is 8.28. The smallest absolute Gasteiger partial charge is 0.289 e. The Bertz CT molecular complexity index is 1270. The molecule has 0 aliphatic carbocycles. The van der Waals surface area contributed by atoms with Crippen LogP contribution < -0.4 is 0 Å². The number of hydrogen-bond donors (Lipinski definition) is 0. The summed E-state index contributed by atoms with van der Waals surface area (Å²) in [5.41, 5.74) is 4.24. The molecule has 0 atom stereocenters. The van der Waals surface area contributed by atoms with E-state index in [0.29, 0.717) is 43.2 Å². The van der Waals surface area contributed by atoms with Crippen LogP contribution >= 0.6 is 0 Å². The van der Waals surface area contributed by atoms with Crippen molar-refractivity contribution in [2.24, 2.45) is 0 Å². The fourth-order valence-electron chi connectivity index (χ4n) is 4.19. The van der Waals surface area contributed by atoms with E-state index in [4.69, 9.17) is 9.52 Å². The van der Waals surface area contributed by atoms with E-state index in [1.807, 2.05) is 42.5 Å². The first-order valence-electron chi connectivity index (χ1n) is 11.5. The van der Waals surface area contributed by atoms with E-state index >= 15 is 0 Å². The predicted molar refractivity (Wildman–Crippen MR) is 129 cm³/mol. The van der Waals surface area contributed by atoms with Crippen molar-refractivity contribution in [1.29, 1.82) is 0 Å². The third-order valence-electron chi connectivity index (χ3n) is 6.19. The molecule has 0 N–H and O–H groups in total. The van der Waals surface area contributed by atoms with Gasteiger partial charge in [-0.2, -0.15) is 5.10 Å². The lowest BCUT2D eigenvalue weighted by Gasteiger charge is -2.34. The molecule has 7 nitrogen and oxygen atoms in total. The molecule has 1 aliphatic heterocycles. The second-order valence-electron chi connectivity index (χ2n) is 8.28. The van der Waals surface area contributed by atoms with Crippen LogP contribution in [0.15, 0.2) is 83.6 Å². The third kappa shape index (κ3) is 4.24. The molecule has 1 aliphatic rings. The number of amides is 2. The molecule has 172 valence electrons. The lowest BCUT2D eigenvalue weighted by molar-refractivity contribution is 0.0518. The van der Waals surface area contributed by atoms with E-state index in [0.717, 1.165) is 17.7 Å². The van der Waals surface area contributed by atoms with Crippen molar-refractivity contribution in [3.63, 3.8) is 0 Å². The average Bonchev–Trinajstić information content (AvgIpc) is 3.60. The van der Waals surface area contributed by atoms with Gasteiger partial charge in [-0.1, -0.05) is 49.4 Å². The lowest BCUT2D eigenvalue weighted by Crippen LogP contribution is -2.50. The average molecular weight is 455 g/mol. The number of carbonyl (C=O) groups is 2. The highest BCUT2D eigenvalue weighted by molar-refractivity contribution is 6.00. The molecule has 0 saturated carbocycles. The van der Waals surface area contributed by atoms with Crippen LogP contribution in [0, 0.1) is 0 Å². The molecule has 7 heteroatoms. The summed E-state index contributed by atoms with van der Waals surface area (Å²) in [5.74, 6) is 0.0919. The molecule has 0 spiro atoms. The van der Waals surface area contributed by atoms with Gasteiger partial charge in [0, 0.05) is 37.9 Å². The predicted octanol–water partition coefficient (Wildman–Crippen LogP) is 4.29. The molecule has 1 saturated heterocycles. The van der Waals surface area contributed by atoms with Gasteiger partial charge in [-0.05, 0) is 36.2 Å². The van der Waals surface area contributed by atoms with E-state index in [1.54, 1.807) is 32.8 Å². The highest BCUT2D eigenvalue weighted by atomic mass is 16.3. The van der Waals surface area contributed by atoms with Crippen LogP contribution in [0.2, 0.25) is 0 Å². The third-order valence-corrected chi connectivity index (χ3v) is 6.19. The van der Waals surface area contributed by atoms with Crippen molar-refractivity contribution < 1.29 is 14.0 Å². The Morgan fingerprint density at radius 2 is 1.53 bits per heavy atom. The summed E-state index contributed by atoms with van der Waals surface area (Å²) in [6.45, 7) is 3.94. The Kier molecular flexibility index (Phi) is 5.99. The number of hydrogen-bond acceptors (Lipinski definition) is 4. The Morgan fingerprint density at radius 1 is 0.853 bits per heavy atom. The fraction of sp³-hybridized carbons (Fsp3) is 0.222. The number of furan rings is 1. The molecule has 1 fully saturated rings. The van der Waals surface area contributed by atoms with Crippen LogP contribution in [-0.4, -0.2) is 57.6 Å². The molecule has 0 radical (unpaired) electrons. The zero-order chi connectivity index (χ0) is 23.5. The number of rotatable bonds is 5. The molecule has 5 rings (SSSR count). The number of nitrogens with zero attached hydrogens (tertiary/aromatic N) is 4. The first-order chi connectivity index (χ1) is 16.6. The van der Waals surface area contributed by atoms with Gasteiger partial charge in [0.05, 0.1) is 17.5 Å². The molecule has 3 heterocycles.